The van der Waals surface area contributed by atoms with Crippen molar-refractivity contribution in [3.8, 4) is 0 Å². The summed E-state index contributed by atoms with van der Waals surface area (Å²) in [6.45, 7) is 12.0. The summed E-state index contributed by atoms with van der Waals surface area (Å²) in [5, 5.41) is 53.4. The number of aliphatic hydroxyl groups is 5. The molecule has 15 atom stereocenters. The molecule has 4 aliphatic rings. The highest BCUT2D eigenvalue weighted by atomic mass is 16.6. The number of hydrogen-bond donors (Lipinski definition) is 5. The zero-order valence-electron chi connectivity index (χ0n) is 45.0. The van der Waals surface area contributed by atoms with Gasteiger partial charge >= 0.3 is 11.9 Å². The van der Waals surface area contributed by atoms with Gasteiger partial charge in [0.05, 0.1) is 50.2 Å². The number of aliphatic hydroxyl groups excluding tert-OH is 4. The number of esters is 2. The van der Waals surface area contributed by atoms with Crippen LogP contribution in [0.5, 0.6) is 0 Å². The molecule has 1 aliphatic carbocycles. The first-order valence-corrected chi connectivity index (χ1v) is 26.5. The van der Waals surface area contributed by atoms with E-state index in [4.69, 9.17) is 23.7 Å². The molecule has 2 saturated heterocycles. The standard InChI is InChI=1S/C56H87NO16/c1-33-16-12-11-13-17-34(2)46(69-9)28-41-21-19-39(7)56(68,73-41)51(64)52(65)57-23-15-14-18-43(57)53(66)71-47(29-44(61)35(3)25-38(6)50(63)42(30-58)49(62)37(5)24-33)36(4)26-40-20-22-45(48(27-40)70-10)72-54(67)55(8,31-59)32-60/h11-13,16-17,25,33,35-37,39-43,45-48,50,58-60,63,68H,14-15,18-24,26-32H2,1-10H3/b13-11+,16-12+,34-17+,38-25+/t33-,35-,36-,37-,39-,40?,41+,42+,43+,45-,46?,47+,48-,50-,56-/m1/s1. The van der Waals surface area contributed by atoms with E-state index in [1.165, 1.54) is 14.0 Å². The molecular formula is C56H87NO16. The van der Waals surface area contributed by atoms with Crippen LogP contribution < -0.4 is 0 Å². The van der Waals surface area contributed by atoms with Crippen molar-refractivity contribution in [2.45, 2.75) is 181 Å². The molecule has 0 aromatic heterocycles. The minimum absolute atomic E-state index is 0.0330. The summed E-state index contributed by atoms with van der Waals surface area (Å²) in [5.41, 5.74) is -0.327. The quantitative estimate of drug-likeness (QED) is 0.106. The Bertz CT molecular complexity index is 2010. The fourth-order valence-corrected chi connectivity index (χ4v) is 10.8. The van der Waals surface area contributed by atoms with Gasteiger partial charge in [-0.3, -0.25) is 24.0 Å². The van der Waals surface area contributed by atoms with Gasteiger partial charge in [0.15, 0.2) is 0 Å². The summed E-state index contributed by atoms with van der Waals surface area (Å²) in [5.74, 6) is -10.7. The lowest BCUT2D eigenvalue weighted by atomic mass is 9.78. The van der Waals surface area contributed by atoms with Crippen molar-refractivity contribution in [3.63, 3.8) is 0 Å². The van der Waals surface area contributed by atoms with Crippen molar-refractivity contribution >= 4 is 35.2 Å². The Morgan fingerprint density at radius 3 is 2.22 bits per heavy atom. The molecule has 0 spiro atoms. The fraction of sp³-hybridized carbons (Fsp3) is 0.750. The normalized spacial score (nSPS) is 37.4. The molecule has 5 N–H and O–H groups in total. The molecule has 1 amide bonds. The summed E-state index contributed by atoms with van der Waals surface area (Å²) in [6.07, 6.45) is 10.6. The number of ether oxygens (including phenoxy) is 5. The second kappa shape index (κ2) is 28.3. The molecule has 0 radical (unpaired) electrons. The van der Waals surface area contributed by atoms with Crippen LogP contribution in [0.3, 0.4) is 0 Å². The first-order valence-electron chi connectivity index (χ1n) is 26.5. The van der Waals surface area contributed by atoms with Crippen LogP contribution in [0.25, 0.3) is 0 Å². The minimum atomic E-state index is -2.47. The molecular weight excluding hydrogens is 943 g/mol. The number of amides is 1. The highest BCUT2D eigenvalue weighted by molar-refractivity contribution is 6.39. The van der Waals surface area contributed by atoms with E-state index in [0.29, 0.717) is 63.4 Å². The number of cyclic esters (lactones) is 1. The second-order valence-corrected chi connectivity index (χ2v) is 22.0. The Balaban J connectivity index is 1.69. The zero-order valence-corrected chi connectivity index (χ0v) is 45.0. The lowest BCUT2D eigenvalue weighted by Gasteiger charge is -2.42. The van der Waals surface area contributed by atoms with Crippen LogP contribution in [0.1, 0.15) is 132 Å². The minimum Gasteiger partial charge on any atom is -0.460 e. The van der Waals surface area contributed by atoms with E-state index in [2.05, 4.69) is 0 Å². The van der Waals surface area contributed by atoms with E-state index in [0.717, 1.165) is 10.5 Å². The summed E-state index contributed by atoms with van der Waals surface area (Å²) < 4.78 is 29.8. The molecule has 0 aromatic rings. The smallest absolute Gasteiger partial charge is 0.329 e. The van der Waals surface area contributed by atoms with Crippen molar-refractivity contribution < 1.29 is 78.0 Å². The number of rotatable bonds is 10. The first-order chi connectivity index (χ1) is 34.5. The van der Waals surface area contributed by atoms with Crippen LogP contribution in [0.15, 0.2) is 47.6 Å². The largest absolute Gasteiger partial charge is 0.460 e. The number of hydrogen-bond acceptors (Lipinski definition) is 16. The molecule has 1 saturated carbocycles. The van der Waals surface area contributed by atoms with Crippen LogP contribution in [0, 0.1) is 46.8 Å². The van der Waals surface area contributed by atoms with E-state index in [-0.39, 0.29) is 49.2 Å². The summed E-state index contributed by atoms with van der Waals surface area (Å²) in [6, 6.07) is -1.21. The molecule has 2 unspecified atom stereocenters. The van der Waals surface area contributed by atoms with Crippen molar-refractivity contribution in [1.29, 1.82) is 0 Å². The highest BCUT2D eigenvalue weighted by Gasteiger charge is 2.53. The monoisotopic (exact) mass is 1030 g/mol. The van der Waals surface area contributed by atoms with Crippen LogP contribution in [0.4, 0.5) is 0 Å². The van der Waals surface area contributed by atoms with Crippen molar-refractivity contribution in [3.05, 3.63) is 47.6 Å². The Morgan fingerprint density at radius 2 is 1.58 bits per heavy atom. The molecule has 2 bridgehead atoms. The van der Waals surface area contributed by atoms with E-state index in [1.54, 1.807) is 40.9 Å². The van der Waals surface area contributed by atoms with Crippen LogP contribution in [-0.4, -0.2) is 155 Å². The molecule has 412 valence electrons. The Hall–Kier alpha value is -3.94. The fourth-order valence-electron chi connectivity index (χ4n) is 10.8. The van der Waals surface area contributed by atoms with Gasteiger partial charge in [-0.05, 0) is 114 Å². The summed E-state index contributed by atoms with van der Waals surface area (Å²) in [7, 11) is 3.06. The van der Waals surface area contributed by atoms with E-state index < -0.39 is 127 Å². The maximum Gasteiger partial charge on any atom is 0.329 e. The van der Waals surface area contributed by atoms with Gasteiger partial charge in [0, 0.05) is 51.4 Å². The average molecular weight is 1030 g/mol. The van der Waals surface area contributed by atoms with E-state index in [9.17, 15) is 54.3 Å². The molecule has 0 aromatic carbocycles. The maximum absolute atomic E-state index is 14.5. The van der Waals surface area contributed by atoms with Crippen LogP contribution >= 0.6 is 0 Å². The highest BCUT2D eigenvalue weighted by Crippen LogP contribution is 2.38. The summed E-state index contributed by atoms with van der Waals surface area (Å²) >= 11 is 0. The lowest BCUT2D eigenvalue weighted by molar-refractivity contribution is -0.265. The number of carbonyl (C=O) groups excluding carboxylic acids is 6. The zero-order chi connectivity index (χ0) is 54.4. The number of nitrogens with zero attached hydrogens (tertiary/aromatic N) is 1. The maximum atomic E-state index is 14.5. The molecule has 3 heterocycles. The van der Waals surface area contributed by atoms with Gasteiger partial charge in [-0.1, -0.05) is 71.1 Å². The SMILES string of the molecule is COC1C[C@@H]2CC[C@@H](C)[C@@](O)(O2)C(=O)C(=O)N2CCCC[C@H]2C(=O)O[C@H]([C@H](C)CC2CC[C@@H](OC(=O)C(C)(CO)CO)[C@H](OC)C2)CC(=O)[C@H](C)/C=C(\C)[C@@H](O)[C@@H](CO)C(=O)[C@H](C)C[C@H](C)/C=C/C=C/C=C/1C. The molecule has 4 rings (SSSR count). The van der Waals surface area contributed by atoms with Gasteiger partial charge in [-0.15, -0.1) is 0 Å². The van der Waals surface area contributed by atoms with Crippen LogP contribution in [-0.2, 0) is 52.5 Å². The number of Topliss-reactive ketones (excluding diaryl/α,β-unsaturated/α-hetero) is 3. The van der Waals surface area contributed by atoms with Gasteiger partial charge in [-0.25, -0.2) is 4.79 Å². The molecule has 17 heteroatoms. The van der Waals surface area contributed by atoms with Gasteiger partial charge in [0.25, 0.3) is 11.7 Å². The van der Waals surface area contributed by atoms with Gasteiger partial charge < -0.3 is 54.1 Å². The van der Waals surface area contributed by atoms with E-state index in [1.807, 2.05) is 51.2 Å². The third-order valence-electron chi connectivity index (χ3n) is 16.0. The number of fused-ring (bicyclic) bond motifs is 3. The third-order valence-corrected chi connectivity index (χ3v) is 16.0. The predicted octanol–water partition coefficient (Wildman–Crippen LogP) is 5.32. The van der Waals surface area contributed by atoms with Gasteiger partial charge in [-0.2, -0.15) is 0 Å². The van der Waals surface area contributed by atoms with Crippen LogP contribution in [0.2, 0.25) is 0 Å². The molecule has 73 heavy (non-hydrogen) atoms. The summed E-state index contributed by atoms with van der Waals surface area (Å²) in [4.78, 5) is 85.3. The molecule has 3 fully saturated rings. The van der Waals surface area contributed by atoms with Crippen molar-refractivity contribution in [1.82, 2.24) is 4.90 Å². The van der Waals surface area contributed by atoms with Gasteiger partial charge in [0.1, 0.15) is 35.2 Å². The number of allylic oxidation sites excluding steroid dienone is 6. The average Bonchev–Trinajstić information content (AvgIpc) is 3.37. The molecule has 3 aliphatic heterocycles. The number of piperidine rings is 1. The number of ketones is 3. The predicted molar refractivity (Wildman–Crippen MR) is 271 cm³/mol. The third kappa shape index (κ3) is 16.0. The Morgan fingerprint density at radius 1 is 0.877 bits per heavy atom. The van der Waals surface area contributed by atoms with Crippen molar-refractivity contribution in [2.24, 2.45) is 46.8 Å². The topological polar surface area (TPSA) is 253 Å². The lowest BCUT2D eigenvalue weighted by Crippen LogP contribution is -2.61. The Labute approximate surface area is 432 Å². The Kier molecular flexibility index (Phi) is 23.9. The second-order valence-electron chi connectivity index (χ2n) is 22.0. The van der Waals surface area contributed by atoms with E-state index >= 15 is 0 Å². The molecule has 17 nitrogen and oxygen atoms in total. The first kappa shape index (κ1) is 61.6. The van der Waals surface area contributed by atoms with Crippen molar-refractivity contribution in [2.75, 3.05) is 40.6 Å². The number of carbonyl (C=O) groups is 6. The number of methoxy groups -OCH3 is 2. The van der Waals surface area contributed by atoms with Gasteiger partial charge in [0.2, 0.25) is 5.79 Å².